The first-order valence-corrected chi connectivity index (χ1v) is 6.52. The third kappa shape index (κ3) is 2.51. The van der Waals surface area contributed by atoms with Crippen LogP contribution in [0.5, 0.6) is 0 Å². The highest BCUT2D eigenvalue weighted by Crippen LogP contribution is 2.21. The molecule has 0 radical (unpaired) electrons. The molecule has 0 saturated carbocycles. The van der Waals surface area contributed by atoms with Gasteiger partial charge >= 0.3 is 0 Å². The molecule has 0 bridgehead atoms. The molecule has 0 aliphatic rings. The van der Waals surface area contributed by atoms with E-state index in [2.05, 4.69) is 30.9 Å². The van der Waals surface area contributed by atoms with E-state index in [1.165, 1.54) is 11.8 Å². The molecule has 4 nitrogen and oxygen atoms in total. The third-order valence-corrected chi connectivity index (χ3v) is 2.94. The number of thioether (sulfide) groups is 1. The van der Waals surface area contributed by atoms with Gasteiger partial charge < -0.3 is 5.73 Å². The number of benzene rings is 1. The third-order valence-electron chi connectivity index (χ3n) is 1.90. The normalized spacial score (nSPS) is 10.4. The molecule has 6 heteroatoms. The van der Waals surface area contributed by atoms with Crippen molar-refractivity contribution in [3.8, 4) is 11.4 Å². The monoisotopic (exact) mass is 296 g/mol. The molecule has 2 N–H and O–H groups in total. The zero-order chi connectivity index (χ0) is 11.5. The molecule has 0 aliphatic carbocycles. The Labute approximate surface area is 106 Å². The van der Waals surface area contributed by atoms with Crippen LogP contribution in [0.15, 0.2) is 33.9 Å². The van der Waals surface area contributed by atoms with Crippen LogP contribution in [0.2, 0.25) is 0 Å². The van der Waals surface area contributed by atoms with E-state index in [0.29, 0.717) is 11.0 Å². The highest BCUT2D eigenvalue weighted by atomic mass is 79.9. The molecule has 1 aromatic heterocycles. The topological polar surface area (TPSA) is 64.7 Å². The van der Waals surface area contributed by atoms with Crippen molar-refractivity contribution < 1.29 is 0 Å². The maximum absolute atomic E-state index is 5.62. The fourth-order valence-corrected chi connectivity index (χ4v) is 1.98. The molecular weight excluding hydrogens is 288 g/mol. The summed E-state index contributed by atoms with van der Waals surface area (Å²) in [5.41, 5.74) is 6.54. The van der Waals surface area contributed by atoms with Gasteiger partial charge in [-0.2, -0.15) is 9.97 Å². The van der Waals surface area contributed by atoms with Crippen molar-refractivity contribution >= 4 is 33.6 Å². The van der Waals surface area contributed by atoms with E-state index >= 15 is 0 Å². The van der Waals surface area contributed by atoms with Gasteiger partial charge in [0.25, 0.3) is 0 Å². The average Bonchev–Trinajstić information content (AvgIpc) is 2.28. The summed E-state index contributed by atoms with van der Waals surface area (Å²) >= 11 is 4.85. The van der Waals surface area contributed by atoms with Crippen LogP contribution in [0.25, 0.3) is 11.4 Å². The minimum absolute atomic E-state index is 0.245. The van der Waals surface area contributed by atoms with Crippen molar-refractivity contribution in [2.45, 2.75) is 5.16 Å². The van der Waals surface area contributed by atoms with Gasteiger partial charge in [-0.05, 0) is 18.4 Å². The smallest absolute Gasteiger partial charge is 0.224 e. The predicted molar refractivity (Wildman–Crippen MR) is 69.2 cm³/mol. The first-order valence-electron chi connectivity index (χ1n) is 4.50. The lowest BCUT2D eigenvalue weighted by molar-refractivity contribution is 0.927. The maximum atomic E-state index is 5.62. The molecule has 2 rings (SSSR count). The lowest BCUT2D eigenvalue weighted by Crippen LogP contribution is -2.01. The molecule has 0 aliphatic heterocycles. The Hall–Kier alpha value is -1.14. The van der Waals surface area contributed by atoms with E-state index in [4.69, 9.17) is 5.73 Å². The number of anilines is 1. The Kier molecular flexibility index (Phi) is 3.40. The summed E-state index contributed by atoms with van der Waals surface area (Å²) in [6.07, 6.45) is 1.90. The molecule has 0 fully saturated rings. The Balaban J connectivity index is 2.51. The SMILES string of the molecule is CSc1nc(N)nc(-c2cccc(Br)c2)n1. The van der Waals surface area contributed by atoms with Crippen LogP contribution in [0.3, 0.4) is 0 Å². The summed E-state index contributed by atoms with van der Waals surface area (Å²) in [5.74, 6) is 0.840. The quantitative estimate of drug-likeness (QED) is 0.863. The van der Waals surface area contributed by atoms with Crippen LogP contribution < -0.4 is 5.73 Å². The number of hydrogen-bond donors (Lipinski definition) is 1. The van der Waals surface area contributed by atoms with Gasteiger partial charge in [-0.1, -0.05) is 39.8 Å². The van der Waals surface area contributed by atoms with Gasteiger partial charge in [-0.15, -0.1) is 0 Å². The number of halogens is 1. The summed E-state index contributed by atoms with van der Waals surface area (Å²) in [6.45, 7) is 0. The predicted octanol–water partition coefficient (Wildman–Crippen LogP) is 2.61. The molecule has 0 amide bonds. The van der Waals surface area contributed by atoms with Gasteiger partial charge in [0.05, 0.1) is 0 Å². The van der Waals surface area contributed by atoms with Crippen molar-refractivity contribution in [2.75, 3.05) is 12.0 Å². The highest BCUT2D eigenvalue weighted by Gasteiger charge is 2.06. The zero-order valence-electron chi connectivity index (χ0n) is 8.51. The number of hydrogen-bond acceptors (Lipinski definition) is 5. The van der Waals surface area contributed by atoms with Gasteiger partial charge in [-0.25, -0.2) is 4.98 Å². The lowest BCUT2D eigenvalue weighted by atomic mass is 10.2. The molecule has 0 spiro atoms. The first-order chi connectivity index (χ1) is 7.69. The van der Waals surface area contributed by atoms with Crippen LogP contribution in [0.4, 0.5) is 5.95 Å². The minimum Gasteiger partial charge on any atom is -0.368 e. The molecule has 16 heavy (non-hydrogen) atoms. The number of aromatic nitrogens is 3. The Morgan fingerprint density at radius 1 is 1.25 bits per heavy atom. The fourth-order valence-electron chi connectivity index (χ4n) is 1.22. The Bertz CT molecular complexity index is 518. The molecule has 2 aromatic rings. The van der Waals surface area contributed by atoms with E-state index in [0.717, 1.165) is 10.0 Å². The van der Waals surface area contributed by atoms with E-state index in [-0.39, 0.29) is 5.95 Å². The van der Waals surface area contributed by atoms with Gasteiger partial charge in [0.1, 0.15) is 0 Å². The molecule has 0 saturated heterocycles. The van der Waals surface area contributed by atoms with Crippen LogP contribution in [0.1, 0.15) is 0 Å². The summed E-state index contributed by atoms with van der Waals surface area (Å²) in [6, 6.07) is 7.75. The van der Waals surface area contributed by atoms with Crippen LogP contribution in [0, 0.1) is 0 Å². The second-order valence-corrected chi connectivity index (χ2v) is 4.70. The molecule has 1 heterocycles. The fraction of sp³-hybridized carbons (Fsp3) is 0.100. The van der Waals surface area contributed by atoms with Gasteiger partial charge in [0.2, 0.25) is 5.95 Å². The molecular formula is C10H9BrN4S. The number of nitrogens with two attached hydrogens (primary N) is 1. The van der Waals surface area contributed by atoms with Crippen molar-refractivity contribution in [3.63, 3.8) is 0 Å². The van der Waals surface area contributed by atoms with Crippen LogP contribution >= 0.6 is 27.7 Å². The second-order valence-electron chi connectivity index (χ2n) is 3.01. The Morgan fingerprint density at radius 3 is 2.75 bits per heavy atom. The molecule has 0 unspecified atom stereocenters. The average molecular weight is 297 g/mol. The van der Waals surface area contributed by atoms with Crippen molar-refractivity contribution in [3.05, 3.63) is 28.7 Å². The maximum Gasteiger partial charge on any atom is 0.224 e. The van der Waals surface area contributed by atoms with E-state index in [1.807, 2.05) is 30.5 Å². The minimum atomic E-state index is 0.245. The van der Waals surface area contributed by atoms with Crippen molar-refractivity contribution in [1.29, 1.82) is 0 Å². The molecule has 0 atom stereocenters. The van der Waals surface area contributed by atoms with Gasteiger partial charge in [-0.3, -0.25) is 0 Å². The zero-order valence-corrected chi connectivity index (χ0v) is 10.9. The second kappa shape index (κ2) is 4.80. The van der Waals surface area contributed by atoms with Crippen molar-refractivity contribution in [2.24, 2.45) is 0 Å². The number of nitrogen functional groups attached to an aromatic ring is 1. The lowest BCUT2D eigenvalue weighted by Gasteiger charge is -2.03. The highest BCUT2D eigenvalue weighted by molar-refractivity contribution is 9.10. The van der Waals surface area contributed by atoms with Gasteiger partial charge in [0, 0.05) is 10.0 Å². The van der Waals surface area contributed by atoms with E-state index < -0.39 is 0 Å². The summed E-state index contributed by atoms with van der Waals surface area (Å²) in [4.78, 5) is 12.4. The summed E-state index contributed by atoms with van der Waals surface area (Å²) < 4.78 is 0.981. The molecule has 82 valence electrons. The number of rotatable bonds is 2. The van der Waals surface area contributed by atoms with Crippen molar-refractivity contribution in [1.82, 2.24) is 15.0 Å². The molecule has 1 aromatic carbocycles. The number of nitrogens with zero attached hydrogens (tertiary/aromatic N) is 3. The van der Waals surface area contributed by atoms with Crippen LogP contribution in [-0.2, 0) is 0 Å². The van der Waals surface area contributed by atoms with E-state index in [1.54, 1.807) is 0 Å². The largest absolute Gasteiger partial charge is 0.368 e. The van der Waals surface area contributed by atoms with E-state index in [9.17, 15) is 0 Å². The van der Waals surface area contributed by atoms with Gasteiger partial charge in [0.15, 0.2) is 11.0 Å². The van der Waals surface area contributed by atoms with Crippen LogP contribution in [-0.4, -0.2) is 21.2 Å². The first kappa shape index (κ1) is 11.3. The summed E-state index contributed by atoms with van der Waals surface area (Å²) in [7, 11) is 0. The standard InChI is InChI=1S/C10H9BrN4S/c1-16-10-14-8(13-9(12)15-10)6-3-2-4-7(11)5-6/h2-5H,1H3,(H2,12,13,14,15). The Morgan fingerprint density at radius 2 is 2.06 bits per heavy atom. The summed E-state index contributed by atoms with van der Waals surface area (Å²) in [5, 5.41) is 0.627.